The standard InChI is InChI=1S/C22H27N3S/c1-4-17-9-10-19-20(24-17)11-16(22-14(2)13-23-15(22)3)12-21(19)26-25-18-7-5-6-8-18/h9-12,18,25H,4-8,13H2,1-3H3. The van der Waals surface area contributed by atoms with Gasteiger partial charge in [-0.2, -0.15) is 0 Å². The summed E-state index contributed by atoms with van der Waals surface area (Å²) in [7, 11) is 0. The lowest BCUT2D eigenvalue weighted by Crippen LogP contribution is -2.18. The van der Waals surface area contributed by atoms with Crippen LogP contribution in [0, 0.1) is 0 Å². The van der Waals surface area contributed by atoms with Crippen molar-refractivity contribution in [1.29, 1.82) is 0 Å². The Balaban J connectivity index is 1.77. The number of hydrogen-bond acceptors (Lipinski definition) is 4. The van der Waals surface area contributed by atoms with Crippen LogP contribution in [0.2, 0.25) is 0 Å². The summed E-state index contributed by atoms with van der Waals surface area (Å²) in [5.41, 5.74) is 7.30. The Bertz CT molecular complexity index is 892. The number of nitrogens with one attached hydrogen (secondary N) is 1. The highest BCUT2D eigenvalue weighted by atomic mass is 32.2. The number of benzene rings is 1. The van der Waals surface area contributed by atoms with E-state index >= 15 is 0 Å². The molecule has 2 aliphatic rings. The number of hydrogen-bond donors (Lipinski definition) is 1. The zero-order valence-electron chi connectivity index (χ0n) is 15.9. The lowest BCUT2D eigenvalue weighted by molar-refractivity contribution is 0.658. The van der Waals surface area contributed by atoms with Gasteiger partial charge in [0.1, 0.15) is 0 Å². The third-order valence-electron chi connectivity index (χ3n) is 5.51. The number of pyridine rings is 1. The van der Waals surface area contributed by atoms with Crippen molar-refractivity contribution < 1.29 is 0 Å². The molecule has 0 spiro atoms. The van der Waals surface area contributed by atoms with Gasteiger partial charge >= 0.3 is 0 Å². The molecule has 1 N–H and O–H groups in total. The van der Waals surface area contributed by atoms with Gasteiger partial charge in [-0.25, -0.2) is 0 Å². The quantitative estimate of drug-likeness (QED) is 0.702. The number of aromatic nitrogens is 1. The largest absolute Gasteiger partial charge is 0.285 e. The highest BCUT2D eigenvalue weighted by molar-refractivity contribution is 7.97. The van der Waals surface area contributed by atoms with Crippen molar-refractivity contribution in [2.24, 2.45) is 4.99 Å². The highest BCUT2D eigenvalue weighted by Gasteiger charge is 2.19. The van der Waals surface area contributed by atoms with E-state index in [1.165, 1.54) is 52.7 Å². The van der Waals surface area contributed by atoms with Gasteiger partial charge in [0.05, 0.1) is 12.1 Å². The molecule has 0 radical (unpaired) electrons. The van der Waals surface area contributed by atoms with E-state index in [2.05, 4.69) is 54.8 Å². The van der Waals surface area contributed by atoms with E-state index < -0.39 is 0 Å². The van der Waals surface area contributed by atoms with E-state index in [-0.39, 0.29) is 0 Å². The first-order valence-corrected chi connectivity index (χ1v) is 10.5. The van der Waals surface area contributed by atoms with Gasteiger partial charge in [0.15, 0.2) is 0 Å². The molecule has 1 aliphatic carbocycles. The van der Waals surface area contributed by atoms with Crippen LogP contribution in [0.15, 0.2) is 39.7 Å². The molecule has 4 heteroatoms. The molecular formula is C22H27N3S. The maximum absolute atomic E-state index is 4.91. The first-order chi connectivity index (χ1) is 12.7. The van der Waals surface area contributed by atoms with Gasteiger partial charge in [0.25, 0.3) is 0 Å². The fourth-order valence-electron chi connectivity index (χ4n) is 4.02. The van der Waals surface area contributed by atoms with Crippen LogP contribution in [0.1, 0.15) is 57.7 Å². The number of allylic oxidation sites excluding steroid dienone is 1. The van der Waals surface area contributed by atoms with E-state index in [9.17, 15) is 0 Å². The summed E-state index contributed by atoms with van der Waals surface area (Å²) < 4.78 is 3.70. The summed E-state index contributed by atoms with van der Waals surface area (Å²) in [6, 6.07) is 9.61. The average molecular weight is 366 g/mol. The molecule has 1 saturated carbocycles. The van der Waals surface area contributed by atoms with Crippen molar-refractivity contribution in [3.63, 3.8) is 0 Å². The predicted octanol–water partition coefficient (Wildman–Crippen LogP) is 5.58. The topological polar surface area (TPSA) is 37.3 Å². The molecular weight excluding hydrogens is 338 g/mol. The Morgan fingerprint density at radius 2 is 1.96 bits per heavy atom. The summed E-state index contributed by atoms with van der Waals surface area (Å²) in [4.78, 5) is 10.8. The fourth-order valence-corrected chi connectivity index (χ4v) is 5.02. The van der Waals surface area contributed by atoms with Crippen LogP contribution in [0.5, 0.6) is 0 Å². The average Bonchev–Trinajstić information content (AvgIpc) is 3.28. The Labute approximate surface area is 160 Å². The number of aliphatic imine (C=N–C) groups is 1. The fraction of sp³-hybridized carbons (Fsp3) is 0.455. The molecule has 136 valence electrons. The second-order valence-corrected chi connectivity index (χ2v) is 8.34. The number of nitrogens with zero attached hydrogens (tertiary/aromatic N) is 2. The van der Waals surface area contributed by atoms with E-state index in [0.717, 1.165) is 29.9 Å². The highest BCUT2D eigenvalue weighted by Crippen LogP contribution is 2.34. The SMILES string of the molecule is CCc1ccc2c(SNC3CCCC3)cc(C3=C(C)CN=C3C)cc2n1. The lowest BCUT2D eigenvalue weighted by atomic mass is 9.97. The summed E-state index contributed by atoms with van der Waals surface area (Å²) in [6.07, 6.45) is 6.24. The smallest absolute Gasteiger partial charge is 0.0723 e. The molecule has 0 amide bonds. The van der Waals surface area contributed by atoms with Crippen LogP contribution in [0.3, 0.4) is 0 Å². The normalized spacial score (nSPS) is 18.2. The van der Waals surface area contributed by atoms with Gasteiger partial charge in [-0.3, -0.25) is 14.7 Å². The Morgan fingerprint density at radius 3 is 2.65 bits per heavy atom. The summed E-state index contributed by atoms with van der Waals surface area (Å²) >= 11 is 1.78. The molecule has 3 nitrogen and oxygen atoms in total. The van der Waals surface area contributed by atoms with Gasteiger partial charge in [0.2, 0.25) is 0 Å². The first kappa shape index (κ1) is 17.7. The van der Waals surface area contributed by atoms with Crippen molar-refractivity contribution in [2.45, 2.75) is 63.8 Å². The minimum absolute atomic E-state index is 0.636. The van der Waals surface area contributed by atoms with Crippen LogP contribution in [-0.2, 0) is 6.42 Å². The molecule has 0 saturated heterocycles. The maximum Gasteiger partial charge on any atom is 0.0723 e. The van der Waals surface area contributed by atoms with E-state index in [0.29, 0.717) is 6.04 Å². The summed E-state index contributed by atoms with van der Waals surface area (Å²) in [6.45, 7) is 7.30. The van der Waals surface area contributed by atoms with Crippen molar-refractivity contribution in [1.82, 2.24) is 9.71 Å². The van der Waals surface area contributed by atoms with Crippen LogP contribution in [0.25, 0.3) is 16.5 Å². The van der Waals surface area contributed by atoms with Crippen LogP contribution in [0.4, 0.5) is 0 Å². The van der Waals surface area contributed by atoms with Crippen molar-refractivity contribution in [3.05, 3.63) is 41.1 Å². The molecule has 0 atom stereocenters. The minimum Gasteiger partial charge on any atom is -0.285 e. The van der Waals surface area contributed by atoms with E-state index in [1.807, 2.05) is 0 Å². The van der Waals surface area contributed by atoms with E-state index in [4.69, 9.17) is 4.98 Å². The third-order valence-corrected chi connectivity index (χ3v) is 6.52. The molecule has 4 rings (SSSR count). The second-order valence-electron chi connectivity index (χ2n) is 7.46. The minimum atomic E-state index is 0.636. The number of rotatable bonds is 5. The molecule has 1 aliphatic heterocycles. The number of fused-ring (bicyclic) bond motifs is 1. The third kappa shape index (κ3) is 3.45. The van der Waals surface area contributed by atoms with Crippen molar-refractivity contribution in [2.75, 3.05) is 6.54 Å². The Kier molecular flexibility index (Phi) is 5.14. The van der Waals surface area contributed by atoms with Gasteiger partial charge in [-0.05, 0) is 80.5 Å². The molecule has 0 unspecified atom stereocenters. The molecule has 1 aromatic carbocycles. The molecule has 1 fully saturated rings. The molecule has 2 aromatic rings. The summed E-state index contributed by atoms with van der Waals surface area (Å²) in [5, 5.41) is 1.24. The van der Waals surface area contributed by atoms with Gasteiger partial charge in [-0.15, -0.1) is 0 Å². The molecule has 26 heavy (non-hydrogen) atoms. The lowest BCUT2D eigenvalue weighted by Gasteiger charge is -2.15. The monoisotopic (exact) mass is 365 g/mol. The Morgan fingerprint density at radius 1 is 1.15 bits per heavy atom. The molecule has 0 bridgehead atoms. The molecule has 1 aromatic heterocycles. The van der Waals surface area contributed by atoms with Gasteiger partial charge in [-0.1, -0.05) is 19.8 Å². The van der Waals surface area contributed by atoms with E-state index in [1.54, 1.807) is 11.9 Å². The maximum atomic E-state index is 4.91. The zero-order chi connectivity index (χ0) is 18.1. The van der Waals surface area contributed by atoms with Crippen LogP contribution < -0.4 is 4.72 Å². The predicted molar refractivity (Wildman–Crippen MR) is 113 cm³/mol. The number of aryl methyl sites for hydroxylation is 1. The van der Waals surface area contributed by atoms with Gasteiger partial charge in [0, 0.05) is 33.3 Å². The van der Waals surface area contributed by atoms with Crippen LogP contribution in [-0.4, -0.2) is 23.3 Å². The first-order valence-electron chi connectivity index (χ1n) is 9.73. The molecule has 2 heterocycles. The van der Waals surface area contributed by atoms with Gasteiger partial charge < -0.3 is 0 Å². The van der Waals surface area contributed by atoms with Crippen molar-refractivity contribution >= 4 is 34.1 Å². The Hall–Kier alpha value is -1.65. The zero-order valence-corrected chi connectivity index (χ0v) is 16.7. The second kappa shape index (κ2) is 7.53. The van der Waals surface area contributed by atoms with Crippen LogP contribution >= 0.6 is 11.9 Å². The summed E-state index contributed by atoms with van der Waals surface area (Å²) in [5.74, 6) is 0. The van der Waals surface area contributed by atoms with Crippen molar-refractivity contribution in [3.8, 4) is 0 Å².